The summed E-state index contributed by atoms with van der Waals surface area (Å²) in [6.07, 6.45) is -2.95. The molecular weight excluding hydrogens is 226 g/mol. The minimum atomic E-state index is -2.95. The molecule has 0 fully saturated rings. The fraction of sp³-hybridized carbons (Fsp3) is 0.300. The van der Waals surface area contributed by atoms with Gasteiger partial charge in [0.2, 0.25) is 0 Å². The fourth-order valence-electron chi connectivity index (χ4n) is 1.19. The first-order valence-corrected chi connectivity index (χ1v) is 4.42. The summed E-state index contributed by atoms with van der Waals surface area (Å²) < 4.78 is 50.7. The van der Waals surface area contributed by atoms with Crippen LogP contribution in [0.4, 0.5) is 17.6 Å². The van der Waals surface area contributed by atoms with Crippen molar-refractivity contribution in [1.82, 2.24) is 5.32 Å². The molecule has 0 saturated heterocycles. The summed E-state index contributed by atoms with van der Waals surface area (Å²) in [6, 6.07) is 1.05. The first-order chi connectivity index (χ1) is 7.47. The number of carbonyl (C=O) groups excluding carboxylic acids is 1. The second-order valence-electron chi connectivity index (χ2n) is 3.12. The zero-order valence-corrected chi connectivity index (χ0v) is 8.36. The Morgan fingerprint density at radius 2 is 2.00 bits per heavy atom. The van der Waals surface area contributed by atoms with Crippen LogP contribution in [0.3, 0.4) is 0 Å². The van der Waals surface area contributed by atoms with E-state index in [9.17, 15) is 22.4 Å². The van der Waals surface area contributed by atoms with E-state index in [4.69, 9.17) is 0 Å². The number of rotatable bonds is 4. The normalized spacial score (nSPS) is 10.9. The van der Waals surface area contributed by atoms with E-state index in [-0.39, 0.29) is 6.54 Å². The van der Waals surface area contributed by atoms with Gasteiger partial charge in [-0.3, -0.25) is 4.79 Å². The summed E-state index contributed by atoms with van der Waals surface area (Å²) in [5, 5.41) is 2.44. The van der Waals surface area contributed by atoms with Crippen molar-refractivity contribution in [3.05, 3.63) is 34.9 Å². The highest BCUT2D eigenvalue weighted by Crippen LogP contribution is 2.23. The van der Waals surface area contributed by atoms with E-state index in [0.717, 1.165) is 0 Å². The highest BCUT2D eigenvalue weighted by Gasteiger charge is 2.19. The Hall–Kier alpha value is -1.43. The molecule has 16 heavy (non-hydrogen) atoms. The second-order valence-corrected chi connectivity index (χ2v) is 3.12. The SMILES string of the molecule is CNCC(=O)c1cc(C(F)F)cc(F)c1F. The van der Waals surface area contributed by atoms with Crippen LogP contribution in [0.5, 0.6) is 0 Å². The first kappa shape index (κ1) is 12.6. The Balaban J connectivity index is 3.21. The molecule has 0 atom stereocenters. The third kappa shape index (κ3) is 2.57. The predicted octanol–water partition coefficient (Wildman–Crippen LogP) is 2.30. The predicted molar refractivity (Wildman–Crippen MR) is 49.6 cm³/mol. The minimum absolute atomic E-state index is 0.247. The quantitative estimate of drug-likeness (QED) is 0.641. The average Bonchev–Trinajstić information content (AvgIpc) is 2.21. The van der Waals surface area contributed by atoms with Gasteiger partial charge in [-0.2, -0.15) is 0 Å². The Morgan fingerprint density at radius 1 is 1.38 bits per heavy atom. The average molecular weight is 235 g/mol. The Bertz CT molecular complexity index is 406. The van der Waals surface area contributed by atoms with E-state index < -0.39 is 35.0 Å². The molecule has 0 aliphatic heterocycles. The second kappa shape index (κ2) is 5.07. The molecular formula is C10H9F4NO. The smallest absolute Gasteiger partial charge is 0.263 e. The monoisotopic (exact) mass is 235 g/mol. The fourth-order valence-corrected chi connectivity index (χ4v) is 1.19. The molecule has 0 radical (unpaired) electrons. The highest BCUT2D eigenvalue weighted by atomic mass is 19.3. The van der Waals surface area contributed by atoms with Gasteiger partial charge in [0.25, 0.3) is 6.43 Å². The van der Waals surface area contributed by atoms with Crippen molar-refractivity contribution < 1.29 is 22.4 Å². The van der Waals surface area contributed by atoms with Gasteiger partial charge >= 0.3 is 0 Å². The number of halogens is 4. The Labute approximate surface area is 89.3 Å². The number of alkyl halides is 2. The van der Waals surface area contributed by atoms with Crippen molar-refractivity contribution >= 4 is 5.78 Å². The molecule has 0 saturated carbocycles. The summed E-state index contributed by atoms with van der Waals surface area (Å²) in [5.41, 5.74) is -1.37. The van der Waals surface area contributed by atoms with Crippen molar-refractivity contribution in [2.75, 3.05) is 13.6 Å². The molecule has 88 valence electrons. The van der Waals surface area contributed by atoms with Crippen LogP contribution in [-0.2, 0) is 0 Å². The third-order valence-corrected chi connectivity index (χ3v) is 1.94. The molecule has 1 aromatic rings. The number of hydrogen-bond donors (Lipinski definition) is 1. The number of benzene rings is 1. The molecule has 0 aliphatic carbocycles. The van der Waals surface area contributed by atoms with Gasteiger partial charge in [0.1, 0.15) is 0 Å². The van der Waals surface area contributed by atoms with Gasteiger partial charge in [-0.15, -0.1) is 0 Å². The van der Waals surface area contributed by atoms with Crippen molar-refractivity contribution in [1.29, 1.82) is 0 Å². The van der Waals surface area contributed by atoms with Gasteiger partial charge in [-0.05, 0) is 19.2 Å². The van der Waals surface area contributed by atoms with Crippen molar-refractivity contribution in [3.8, 4) is 0 Å². The Kier molecular flexibility index (Phi) is 4.00. The summed E-state index contributed by atoms with van der Waals surface area (Å²) in [7, 11) is 1.43. The lowest BCUT2D eigenvalue weighted by molar-refractivity contribution is 0.0988. The molecule has 1 N–H and O–H groups in total. The summed E-state index contributed by atoms with van der Waals surface area (Å²) >= 11 is 0. The molecule has 1 aromatic carbocycles. The number of hydrogen-bond acceptors (Lipinski definition) is 2. The van der Waals surface area contributed by atoms with Crippen LogP contribution in [-0.4, -0.2) is 19.4 Å². The number of carbonyl (C=O) groups is 1. The number of likely N-dealkylation sites (N-methyl/N-ethyl adjacent to an activating group) is 1. The maximum atomic E-state index is 13.2. The Morgan fingerprint density at radius 3 is 2.50 bits per heavy atom. The molecule has 6 heteroatoms. The van der Waals surface area contributed by atoms with Crippen LogP contribution >= 0.6 is 0 Å². The van der Waals surface area contributed by atoms with E-state index in [1.807, 2.05) is 0 Å². The largest absolute Gasteiger partial charge is 0.313 e. The first-order valence-electron chi connectivity index (χ1n) is 4.42. The molecule has 0 bridgehead atoms. The zero-order valence-electron chi connectivity index (χ0n) is 8.36. The number of ketones is 1. The van der Waals surface area contributed by atoms with Gasteiger partial charge < -0.3 is 5.32 Å². The minimum Gasteiger partial charge on any atom is -0.313 e. The van der Waals surface area contributed by atoms with E-state index in [2.05, 4.69) is 5.32 Å². The zero-order chi connectivity index (χ0) is 12.3. The molecule has 0 aliphatic rings. The standard InChI is InChI=1S/C10H9F4NO/c1-15-4-8(16)6-2-5(10(13)14)3-7(11)9(6)12/h2-3,10,15H,4H2,1H3. The number of Topliss-reactive ketones (excluding diaryl/α,β-unsaturated/α-hetero) is 1. The van der Waals surface area contributed by atoms with Gasteiger partial charge in [0.05, 0.1) is 12.1 Å². The molecule has 1 rings (SSSR count). The summed E-state index contributed by atoms with van der Waals surface area (Å²) in [6.45, 7) is -0.247. The van der Waals surface area contributed by atoms with Gasteiger partial charge in [0, 0.05) is 5.56 Å². The van der Waals surface area contributed by atoms with Crippen molar-refractivity contribution in [2.24, 2.45) is 0 Å². The van der Waals surface area contributed by atoms with Gasteiger partial charge in [-0.1, -0.05) is 0 Å². The maximum absolute atomic E-state index is 13.2. The van der Waals surface area contributed by atoms with E-state index in [1.54, 1.807) is 0 Å². The van der Waals surface area contributed by atoms with Crippen LogP contribution in [0.2, 0.25) is 0 Å². The molecule has 0 amide bonds. The summed E-state index contributed by atoms with van der Waals surface area (Å²) in [4.78, 5) is 11.3. The van der Waals surface area contributed by atoms with E-state index >= 15 is 0 Å². The van der Waals surface area contributed by atoms with Crippen LogP contribution in [0.25, 0.3) is 0 Å². The topological polar surface area (TPSA) is 29.1 Å². The van der Waals surface area contributed by atoms with Crippen molar-refractivity contribution in [2.45, 2.75) is 6.43 Å². The van der Waals surface area contributed by atoms with E-state index in [0.29, 0.717) is 12.1 Å². The molecule has 0 spiro atoms. The van der Waals surface area contributed by atoms with Crippen LogP contribution in [0, 0.1) is 11.6 Å². The number of nitrogens with one attached hydrogen (secondary N) is 1. The van der Waals surface area contributed by atoms with Gasteiger partial charge in [-0.25, -0.2) is 17.6 Å². The van der Waals surface area contributed by atoms with Crippen molar-refractivity contribution in [3.63, 3.8) is 0 Å². The molecule has 2 nitrogen and oxygen atoms in total. The lowest BCUT2D eigenvalue weighted by atomic mass is 10.1. The highest BCUT2D eigenvalue weighted by molar-refractivity contribution is 5.98. The maximum Gasteiger partial charge on any atom is 0.263 e. The van der Waals surface area contributed by atoms with E-state index in [1.165, 1.54) is 7.05 Å². The lowest BCUT2D eigenvalue weighted by Crippen LogP contribution is -2.20. The van der Waals surface area contributed by atoms with Crippen LogP contribution in [0.1, 0.15) is 22.3 Å². The molecule has 0 heterocycles. The summed E-state index contributed by atoms with van der Waals surface area (Å²) in [5.74, 6) is -3.62. The van der Waals surface area contributed by atoms with Gasteiger partial charge in [0.15, 0.2) is 17.4 Å². The third-order valence-electron chi connectivity index (χ3n) is 1.94. The molecule has 0 aromatic heterocycles. The van der Waals surface area contributed by atoms with Crippen LogP contribution in [0.15, 0.2) is 12.1 Å². The lowest BCUT2D eigenvalue weighted by Gasteiger charge is -2.06. The van der Waals surface area contributed by atoms with Crippen LogP contribution < -0.4 is 5.32 Å². The molecule has 0 unspecified atom stereocenters.